The maximum Gasteiger partial charge on any atom is 0.255 e. The van der Waals surface area contributed by atoms with Crippen molar-refractivity contribution in [1.82, 2.24) is 4.90 Å². The number of benzene rings is 2. The molecule has 2 saturated heterocycles. The molecule has 6 rings (SSSR count). The van der Waals surface area contributed by atoms with Gasteiger partial charge in [-0.05, 0) is 106 Å². The Kier molecular flexibility index (Phi) is 6.21. The Morgan fingerprint density at radius 1 is 1.00 bits per heavy atom. The molecule has 35 heavy (non-hydrogen) atoms. The van der Waals surface area contributed by atoms with Crippen molar-refractivity contribution in [3.05, 3.63) is 53.6 Å². The highest BCUT2D eigenvalue weighted by molar-refractivity contribution is 6.04. The van der Waals surface area contributed by atoms with Gasteiger partial charge in [0, 0.05) is 48.0 Å². The maximum atomic E-state index is 12.8. The van der Waals surface area contributed by atoms with Crippen molar-refractivity contribution in [2.45, 2.75) is 64.3 Å². The highest BCUT2D eigenvalue weighted by Crippen LogP contribution is 2.43. The van der Waals surface area contributed by atoms with Gasteiger partial charge in [0.2, 0.25) is 0 Å². The molecule has 1 spiro atoms. The highest BCUT2D eigenvalue weighted by Gasteiger charge is 2.45. The Morgan fingerprint density at radius 2 is 1.77 bits per heavy atom. The monoisotopic (exact) mass is 473 g/mol. The zero-order valence-electron chi connectivity index (χ0n) is 21.1. The number of rotatable bonds is 7. The normalized spacial score (nSPS) is 25.0. The Morgan fingerprint density at radius 3 is 2.51 bits per heavy atom. The van der Waals surface area contributed by atoms with E-state index in [4.69, 9.17) is 4.74 Å². The summed E-state index contributed by atoms with van der Waals surface area (Å²) >= 11 is 0. The zero-order valence-corrected chi connectivity index (χ0v) is 21.1. The summed E-state index contributed by atoms with van der Waals surface area (Å²) in [6.45, 7) is 7.75. The van der Waals surface area contributed by atoms with Gasteiger partial charge in [0.1, 0.15) is 5.75 Å². The number of ether oxygens (including phenoxy) is 1. The Bertz CT molecular complexity index is 1060. The molecule has 1 atom stereocenters. The molecule has 2 heterocycles. The molecule has 186 valence electrons. The van der Waals surface area contributed by atoms with Crippen molar-refractivity contribution in [1.29, 1.82) is 0 Å². The standard InChI is InChI=1S/C30H39N3O2/c1-22-18-26(33-17-15-30(21-33)14-16-32(20-30)25-4-2-3-5-25)10-13-28(22)31-29(34)24-8-11-27(12-9-24)35-19-23-6-7-23/h8-13,18,23,25H,2-7,14-17,19-21H2,1H3,(H,31,34). The van der Waals surface area contributed by atoms with Crippen molar-refractivity contribution in [2.75, 3.05) is 43.0 Å². The van der Waals surface area contributed by atoms with E-state index in [1.165, 1.54) is 70.1 Å². The van der Waals surface area contributed by atoms with E-state index in [1.807, 2.05) is 24.3 Å². The number of nitrogens with zero attached hydrogens (tertiary/aromatic N) is 2. The third kappa shape index (κ3) is 5.06. The van der Waals surface area contributed by atoms with Crippen LogP contribution in [0.1, 0.15) is 67.3 Å². The fraction of sp³-hybridized carbons (Fsp3) is 0.567. The molecule has 2 aromatic rings. The summed E-state index contributed by atoms with van der Waals surface area (Å²) in [5, 5.41) is 3.10. The molecule has 2 saturated carbocycles. The summed E-state index contributed by atoms with van der Waals surface area (Å²) in [6, 6.07) is 14.8. The van der Waals surface area contributed by atoms with Crippen LogP contribution in [-0.4, -0.2) is 49.6 Å². The molecule has 1 amide bonds. The van der Waals surface area contributed by atoms with Crippen LogP contribution < -0.4 is 15.0 Å². The van der Waals surface area contributed by atoms with Gasteiger partial charge in [-0.2, -0.15) is 0 Å². The zero-order chi connectivity index (χ0) is 23.8. The number of aryl methyl sites for hydroxylation is 1. The number of nitrogens with one attached hydrogen (secondary N) is 1. The third-order valence-electron chi connectivity index (χ3n) is 8.87. The first-order chi connectivity index (χ1) is 17.1. The molecule has 4 fully saturated rings. The molecule has 2 aliphatic heterocycles. The second kappa shape index (κ2) is 9.50. The predicted octanol–water partition coefficient (Wildman–Crippen LogP) is 5.88. The smallest absolute Gasteiger partial charge is 0.255 e. The van der Waals surface area contributed by atoms with E-state index in [0.29, 0.717) is 11.0 Å². The first kappa shape index (κ1) is 22.9. The SMILES string of the molecule is Cc1cc(N2CCC3(CCN(C4CCCC4)C3)C2)ccc1NC(=O)c1ccc(OCC2CC2)cc1. The van der Waals surface area contributed by atoms with Gasteiger partial charge in [0.15, 0.2) is 0 Å². The Labute approximate surface area is 209 Å². The third-order valence-corrected chi connectivity index (χ3v) is 8.87. The number of amides is 1. The van der Waals surface area contributed by atoms with Gasteiger partial charge in [-0.1, -0.05) is 12.8 Å². The molecule has 4 aliphatic rings. The summed E-state index contributed by atoms with van der Waals surface area (Å²) in [4.78, 5) is 18.2. The minimum atomic E-state index is -0.0762. The van der Waals surface area contributed by atoms with Gasteiger partial charge in [0.05, 0.1) is 6.61 Å². The van der Waals surface area contributed by atoms with Crippen LogP contribution in [0.5, 0.6) is 5.75 Å². The molecule has 5 heteroatoms. The summed E-state index contributed by atoms with van der Waals surface area (Å²) in [6.07, 6.45) is 10.8. The molecular weight excluding hydrogens is 434 g/mol. The van der Waals surface area contributed by atoms with Crippen LogP contribution >= 0.6 is 0 Å². The van der Waals surface area contributed by atoms with Crippen LogP contribution in [0.25, 0.3) is 0 Å². The van der Waals surface area contributed by atoms with E-state index in [9.17, 15) is 4.79 Å². The maximum absolute atomic E-state index is 12.8. The topological polar surface area (TPSA) is 44.8 Å². The molecule has 2 aliphatic carbocycles. The van der Waals surface area contributed by atoms with Crippen molar-refractivity contribution in [3.8, 4) is 5.75 Å². The lowest BCUT2D eigenvalue weighted by atomic mass is 9.86. The number of hydrogen-bond acceptors (Lipinski definition) is 4. The largest absolute Gasteiger partial charge is 0.493 e. The highest BCUT2D eigenvalue weighted by atomic mass is 16.5. The van der Waals surface area contributed by atoms with E-state index >= 15 is 0 Å². The van der Waals surface area contributed by atoms with Crippen LogP contribution in [0, 0.1) is 18.3 Å². The average Bonchev–Trinajstić information content (AvgIpc) is 3.25. The lowest BCUT2D eigenvalue weighted by Gasteiger charge is -2.28. The van der Waals surface area contributed by atoms with Gasteiger partial charge in [-0.15, -0.1) is 0 Å². The fourth-order valence-electron chi connectivity index (χ4n) is 6.42. The predicted molar refractivity (Wildman–Crippen MR) is 142 cm³/mol. The van der Waals surface area contributed by atoms with Gasteiger partial charge in [-0.25, -0.2) is 0 Å². The number of likely N-dealkylation sites (tertiary alicyclic amines) is 1. The number of hydrogen-bond donors (Lipinski definition) is 1. The van der Waals surface area contributed by atoms with Crippen LogP contribution in [-0.2, 0) is 0 Å². The average molecular weight is 474 g/mol. The van der Waals surface area contributed by atoms with E-state index in [1.54, 1.807) is 0 Å². The van der Waals surface area contributed by atoms with E-state index < -0.39 is 0 Å². The number of carbonyl (C=O) groups is 1. The second-order valence-electron chi connectivity index (χ2n) is 11.6. The van der Waals surface area contributed by atoms with Crippen molar-refractivity contribution >= 4 is 17.3 Å². The first-order valence-corrected chi connectivity index (χ1v) is 13.7. The second-order valence-corrected chi connectivity index (χ2v) is 11.6. The molecule has 1 unspecified atom stereocenters. The Hall–Kier alpha value is -2.53. The van der Waals surface area contributed by atoms with E-state index in [2.05, 4.69) is 40.2 Å². The van der Waals surface area contributed by atoms with Crippen molar-refractivity contribution < 1.29 is 9.53 Å². The van der Waals surface area contributed by atoms with Crippen LogP contribution in [0.4, 0.5) is 11.4 Å². The van der Waals surface area contributed by atoms with E-state index in [-0.39, 0.29) is 5.91 Å². The first-order valence-electron chi connectivity index (χ1n) is 13.7. The molecule has 5 nitrogen and oxygen atoms in total. The lowest BCUT2D eigenvalue weighted by Crippen LogP contribution is -2.35. The minimum absolute atomic E-state index is 0.0762. The van der Waals surface area contributed by atoms with Gasteiger partial charge in [-0.3, -0.25) is 9.69 Å². The summed E-state index contributed by atoms with van der Waals surface area (Å²) in [5.41, 5.74) is 4.41. The molecular formula is C30H39N3O2. The number of carbonyl (C=O) groups excluding carboxylic acids is 1. The lowest BCUT2D eigenvalue weighted by molar-refractivity contribution is 0.102. The van der Waals surface area contributed by atoms with Crippen LogP contribution in [0.2, 0.25) is 0 Å². The van der Waals surface area contributed by atoms with Crippen molar-refractivity contribution in [2.24, 2.45) is 11.3 Å². The quantitative estimate of drug-likeness (QED) is 0.545. The molecule has 0 bridgehead atoms. The van der Waals surface area contributed by atoms with Gasteiger partial charge >= 0.3 is 0 Å². The Balaban J connectivity index is 1.05. The number of anilines is 2. The molecule has 1 N–H and O–H groups in total. The van der Waals surface area contributed by atoms with Crippen LogP contribution in [0.3, 0.4) is 0 Å². The minimum Gasteiger partial charge on any atom is -0.493 e. The molecule has 0 radical (unpaired) electrons. The van der Waals surface area contributed by atoms with Crippen molar-refractivity contribution in [3.63, 3.8) is 0 Å². The van der Waals surface area contributed by atoms with Gasteiger partial charge in [0.25, 0.3) is 5.91 Å². The summed E-state index contributed by atoms with van der Waals surface area (Å²) < 4.78 is 5.79. The summed E-state index contributed by atoms with van der Waals surface area (Å²) in [7, 11) is 0. The van der Waals surface area contributed by atoms with E-state index in [0.717, 1.165) is 48.7 Å². The van der Waals surface area contributed by atoms with Crippen LogP contribution in [0.15, 0.2) is 42.5 Å². The van der Waals surface area contributed by atoms with Gasteiger partial charge < -0.3 is 15.0 Å². The summed E-state index contributed by atoms with van der Waals surface area (Å²) in [5.74, 6) is 1.48. The molecule has 0 aromatic heterocycles. The molecule has 2 aromatic carbocycles. The fourth-order valence-corrected chi connectivity index (χ4v) is 6.42.